The second kappa shape index (κ2) is 7.95. The lowest BCUT2D eigenvalue weighted by atomic mass is 10.1. The average Bonchev–Trinajstić information content (AvgIpc) is 2.75. The Morgan fingerprint density at radius 2 is 1.82 bits per heavy atom. The summed E-state index contributed by atoms with van der Waals surface area (Å²) in [6.07, 6.45) is 3.05. The van der Waals surface area contributed by atoms with E-state index in [0.29, 0.717) is 32.0 Å². The molecule has 142 valence electrons. The normalized spacial score (nSPS) is 14.0. The van der Waals surface area contributed by atoms with Crippen molar-refractivity contribution in [2.24, 2.45) is 0 Å². The zero-order valence-corrected chi connectivity index (χ0v) is 15.0. The average molecular weight is 379 g/mol. The molecule has 3 aromatic rings. The summed E-state index contributed by atoms with van der Waals surface area (Å²) in [6.45, 7) is 2.41. The zero-order chi connectivity index (χ0) is 19.3. The Hall–Kier alpha value is -3.62. The lowest BCUT2D eigenvalue weighted by molar-refractivity contribution is 0.208. The van der Waals surface area contributed by atoms with Gasteiger partial charge in [0.1, 0.15) is 18.0 Å². The van der Waals surface area contributed by atoms with Gasteiger partial charge in [-0.15, -0.1) is 5.10 Å². The van der Waals surface area contributed by atoms with Crippen molar-refractivity contribution in [2.45, 2.75) is 0 Å². The largest absolute Gasteiger partial charge is 0.353 e. The van der Waals surface area contributed by atoms with Gasteiger partial charge in [-0.25, -0.2) is 19.2 Å². The van der Waals surface area contributed by atoms with Gasteiger partial charge in [0.25, 0.3) is 0 Å². The highest BCUT2D eigenvalue weighted by atomic mass is 19.1. The fourth-order valence-corrected chi connectivity index (χ4v) is 2.99. The van der Waals surface area contributed by atoms with Crippen LogP contribution in [-0.4, -0.2) is 57.3 Å². The van der Waals surface area contributed by atoms with Crippen molar-refractivity contribution in [1.29, 1.82) is 0 Å². The molecule has 0 unspecified atom stereocenters. The third-order valence-corrected chi connectivity index (χ3v) is 4.49. The number of carbonyl (C=O) groups excluding carboxylic acids is 1. The van der Waals surface area contributed by atoms with Crippen LogP contribution in [0, 0.1) is 5.82 Å². The molecule has 1 fully saturated rings. The minimum absolute atomic E-state index is 0.199. The fraction of sp³-hybridized carbons (Fsp3) is 0.211. The molecular formula is C19H18FN7O. The molecule has 0 saturated carbocycles. The molecular weight excluding hydrogens is 361 g/mol. The molecule has 1 aliphatic heterocycles. The highest BCUT2D eigenvalue weighted by Crippen LogP contribution is 2.22. The van der Waals surface area contributed by atoms with Crippen LogP contribution in [0.5, 0.6) is 0 Å². The van der Waals surface area contributed by atoms with Crippen LogP contribution in [0.2, 0.25) is 0 Å². The van der Waals surface area contributed by atoms with E-state index in [1.807, 2.05) is 6.07 Å². The number of aromatic nitrogens is 4. The molecule has 0 atom stereocenters. The number of hydrogen-bond donors (Lipinski definition) is 1. The van der Waals surface area contributed by atoms with E-state index in [-0.39, 0.29) is 11.8 Å². The van der Waals surface area contributed by atoms with E-state index in [0.717, 1.165) is 17.1 Å². The summed E-state index contributed by atoms with van der Waals surface area (Å²) in [5.41, 5.74) is 1.56. The van der Waals surface area contributed by atoms with E-state index in [4.69, 9.17) is 0 Å². The van der Waals surface area contributed by atoms with E-state index in [1.54, 1.807) is 35.4 Å². The quantitative estimate of drug-likeness (QED) is 0.752. The third kappa shape index (κ3) is 4.03. The first-order valence-corrected chi connectivity index (χ1v) is 8.85. The van der Waals surface area contributed by atoms with Crippen molar-refractivity contribution in [1.82, 2.24) is 25.1 Å². The van der Waals surface area contributed by atoms with Crippen molar-refractivity contribution in [3.05, 3.63) is 60.8 Å². The fourth-order valence-electron chi connectivity index (χ4n) is 2.99. The Balaban J connectivity index is 1.39. The van der Waals surface area contributed by atoms with E-state index < -0.39 is 0 Å². The Morgan fingerprint density at radius 3 is 2.54 bits per heavy atom. The molecule has 8 nitrogen and oxygen atoms in total. The van der Waals surface area contributed by atoms with Crippen molar-refractivity contribution in [3.8, 4) is 11.3 Å². The summed E-state index contributed by atoms with van der Waals surface area (Å²) >= 11 is 0. The standard InChI is InChI=1S/C19H18FN7O/c20-15-5-3-14(4-6-15)16-12-18(22-13-21-16)26-8-10-27(11-9-26)19(28)24-17-2-1-7-23-25-17/h1-7,12-13H,8-11H2,(H,24,25,28). The highest BCUT2D eigenvalue weighted by Gasteiger charge is 2.22. The Bertz CT molecular complexity index is 944. The Labute approximate surface area is 161 Å². The van der Waals surface area contributed by atoms with Crippen LogP contribution < -0.4 is 10.2 Å². The molecule has 2 amide bonds. The van der Waals surface area contributed by atoms with Gasteiger partial charge in [0.2, 0.25) is 0 Å². The van der Waals surface area contributed by atoms with Crippen LogP contribution in [0.15, 0.2) is 55.0 Å². The van der Waals surface area contributed by atoms with Gasteiger partial charge in [0.15, 0.2) is 5.82 Å². The van der Waals surface area contributed by atoms with Crippen LogP contribution in [0.25, 0.3) is 11.3 Å². The monoisotopic (exact) mass is 379 g/mol. The Kier molecular flexibility index (Phi) is 5.05. The number of carbonyl (C=O) groups is 1. The molecule has 0 spiro atoms. The predicted octanol–water partition coefficient (Wildman–Crippen LogP) is 2.43. The smallest absolute Gasteiger partial charge is 0.323 e. The molecule has 0 aliphatic carbocycles. The SMILES string of the molecule is O=C(Nc1cccnn1)N1CCN(c2cc(-c3ccc(F)cc3)ncn2)CC1. The molecule has 1 saturated heterocycles. The van der Waals surface area contributed by atoms with Gasteiger partial charge in [-0.1, -0.05) is 0 Å². The minimum Gasteiger partial charge on any atom is -0.353 e. The summed E-state index contributed by atoms with van der Waals surface area (Å²) in [6, 6.07) is 11.3. The van der Waals surface area contributed by atoms with Crippen LogP contribution >= 0.6 is 0 Å². The topological polar surface area (TPSA) is 87.1 Å². The van der Waals surface area contributed by atoms with Gasteiger partial charge in [-0.3, -0.25) is 5.32 Å². The van der Waals surface area contributed by atoms with Gasteiger partial charge in [-0.05, 0) is 36.4 Å². The molecule has 2 aromatic heterocycles. The first kappa shape index (κ1) is 17.8. The lowest BCUT2D eigenvalue weighted by Crippen LogP contribution is -2.50. The van der Waals surface area contributed by atoms with E-state index in [9.17, 15) is 9.18 Å². The molecule has 9 heteroatoms. The lowest BCUT2D eigenvalue weighted by Gasteiger charge is -2.35. The predicted molar refractivity (Wildman–Crippen MR) is 102 cm³/mol. The van der Waals surface area contributed by atoms with E-state index in [2.05, 4.69) is 30.4 Å². The van der Waals surface area contributed by atoms with Gasteiger partial charge in [0, 0.05) is 44.0 Å². The second-order valence-corrected chi connectivity index (χ2v) is 6.28. The maximum Gasteiger partial charge on any atom is 0.323 e. The number of amides is 2. The molecule has 28 heavy (non-hydrogen) atoms. The van der Waals surface area contributed by atoms with Crippen LogP contribution in [0.4, 0.5) is 20.8 Å². The first-order valence-electron chi connectivity index (χ1n) is 8.85. The summed E-state index contributed by atoms with van der Waals surface area (Å²) in [5, 5.41) is 10.3. The molecule has 1 aliphatic rings. The molecule has 4 rings (SSSR count). The van der Waals surface area contributed by atoms with Gasteiger partial charge < -0.3 is 9.80 Å². The van der Waals surface area contributed by atoms with Crippen LogP contribution in [0.3, 0.4) is 0 Å². The highest BCUT2D eigenvalue weighted by molar-refractivity contribution is 5.88. The third-order valence-electron chi connectivity index (χ3n) is 4.49. The number of nitrogens with zero attached hydrogens (tertiary/aromatic N) is 6. The van der Waals surface area contributed by atoms with E-state index in [1.165, 1.54) is 18.5 Å². The maximum atomic E-state index is 13.1. The Morgan fingerprint density at radius 1 is 1.04 bits per heavy atom. The molecule has 0 bridgehead atoms. The van der Waals surface area contributed by atoms with Crippen LogP contribution in [-0.2, 0) is 0 Å². The number of piperazine rings is 1. The second-order valence-electron chi connectivity index (χ2n) is 6.28. The van der Waals surface area contributed by atoms with Crippen LogP contribution in [0.1, 0.15) is 0 Å². The molecule has 1 aromatic carbocycles. The number of urea groups is 1. The summed E-state index contributed by atoms with van der Waals surface area (Å²) in [7, 11) is 0. The zero-order valence-electron chi connectivity index (χ0n) is 15.0. The summed E-state index contributed by atoms with van der Waals surface area (Å²) in [4.78, 5) is 24.8. The van der Waals surface area contributed by atoms with Crippen molar-refractivity contribution >= 4 is 17.7 Å². The van der Waals surface area contributed by atoms with Gasteiger partial charge >= 0.3 is 6.03 Å². The van der Waals surface area contributed by atoms with Crippen molar-refractivity contribution < 1.29 is 9.18 Å². The van der Waals surface area contributed by atoms with Crippen molar-refractivity contribution in [3.63, 3.8) is 0 Å². The number of hydrogen-bond acceptors (Lipinski definition) is 6. The first-order chi connectivity index (χ1) is 13.7. The maximum absolute atomic E-state index is 13.1. The van der Waals surface area contributed by atoms with E-state index >= 15 is 0 Å². The molecule has 3 heterocycles. The van der Waals surface area contributed by atoms with Gasteiger partial charge in [0.05, 0.1) is 5.69 Å². The van der Waals surface area contributed by atoms with Crippen molar-refractivity contribution in [2.75, 3.05) is 36.4 Å². The number of benzene rings is 1. The summed E-state index contributed by atoms with van der Waals surface area (Å²) < 4.78 is 13.1. The number of rotatable bonds is 3. The number of halogens is 1. The molecule has 1 N–H and O–H groups in total. The minimum atomic E-state index is -0.283. The summed E-state index contributed by atoms with van der Waals surface area (Å²) in [5.74, 6) is 0.923. The van der Waals surface area contributed by atoms with Gasteiger partial charge in [-0.2, -0.15) is 5.10 Å². The number of anilines is 2. The molecule has 0 radical (unpaired) electrons. The number of nitrogens with one attached hydrogen (secondary N) is 1.